The summed E-state index contributed by atoms with van der Waals surface area (Å²) < 4.78 is 0. The van der Waals surface area contributed by atoms with E-state index < -0.39 is 4.92 Å². The standard InChI is InChI=1S/C19H18N4O2S/c1-13(2)15-8-6-14(7-9-15)11-20-22-19-21-18(12-26-19)16-4-3-5-17(10-16)23(24)25/h3-13H,1-2H3,(H,21,22)/b20-11-. The molecular formula is C19H18N4O2S. The Kier molecular flexibility index (Phi) is 5.38. The van der Waals surface area contributed by atoms with Gasteiger partial charge in [-0.25, -0.2) is 4.98 Å². The average Bonchev–Trinajstić information content (AvgIpc) is 3.11. The Labute approximate surface area is 155 Å². The highest BCUT2D eigenvalue weighted by Crippen LogP contribution is 2.27. The molecule has 132 valence electrons. The van der Waals surface area contributed by atoms with Crippen molar-refractivity contribution in [3.05, 3.63) is 75.2 Å². The Morgan fingerprint density at radius 2 is 2.00 bits per heavy atom. The van der Waals surface area contributed by atoms with Crippen LogP contribution in [0.3, 0.4) is 0 Å². The molecule has 0 atom stereocenters. The fourth-order valence-electron chi connectivity index (χ4n) is 2.37. The van der Waals surface area contributed by atoms with E-state index in [-0.39, 0.29) is 5.69 Å². The molecule has 3 rings (SSSR count). The minimum absolute atomic E-state index is 0.0490. The summed E-state index contributed by atoms with van der Waals surface area (Å²) in [6.07, 6.45) is 1.73. The van der Waals surface area contributed by atoms with Gasteiger partial charge in [0.2, 0.25) is 5.13 Å². The molecule has 7 heteroatoms. The maximum absolute atomic E-state index is 10.9. The van der Waals surface area contributed by atoms with Crippen molar-refractivity contribution in [3.8, 4) is 11.3 Å². The van der Waals surface area contributed by atoms with Gasteiger partial charge in [0.05, 0.1) is 16.8 Å². The molecule has 0 spiro atoms. The summed E-state index contributed by atoms with van der Waals surface area (Å²) in [5.41, 5.74) is 6.62. The van der Waals surface area contributed by atoms with Crippen molar-refractivity contribution in [3.63, 3.8) is 0 Å². The first-order valence-corrected chi connectivity index (χ1v) is 9.00. The molecule has 2 aromatic carbocycles. The van der Waals surface area contributed by atoms with Crippen molar-refractivity contribution < 1.29 is 4.92 Å². The van der Waals surface area contributed by atoms with Crippen LogP contribution in [-0.2, 0) is 0 Å². The number of hydrogen-bond acceptors (Lipinski definition) is 6. The SMILES string of the molecule is CC(C)c1ccc(/C=N\Nc2nc(-c3cccc([N+](=O)[O-])c3)cs2)cc1. The fourth-order valence-corrected chi connectivity index (χ4v) is 3.03. The van der Waals surface area contributed by atoms with Gasteiger partial charge in [-0.3, -0.25) is 15.5 Å². The van der Waals surface area contributed by atoms with E-state index in [2.05, 4.69) is 41.5 Å². The van der Waals surface area contributed by atoms with E-state index in [0.29, 0.717) is 22.3 Å². The van der Waals surface area contributed by atoms with Crippen LogP contribution >= 0.6 is 11.3 Å². The lowest BCUT2D eigenvalue weighted by Crippen LogP contribution is -1.92. The predicted molar refractivity (Wildman–Crippen MR) is 106 cm³/mol. The molecule has 0 saturated heterocycles. The molecule has 26 heavy (non-hydrogen) atoms. The molecule has 6 nitrogen and oxygen atoms in total. The first-order chi connectivity index (χ1) is 12.5. The average molecular weight is 366 g/mol. The molecule has 1 heterocycles. The van der Waals surface area contributed by atoms with Gasteiger partial charge in [-0.05, 0) is 17.0 Å². The van der Waals surface area contributed by atoms with Crippen LogP contribution in [0.5, 0.6) is 0 Å². The normalized spacial score (nSPS) is 11.2. The second-order valence-corrected chi connectivity index (χ2v) is 6.89. The summed E-state index contributed by atoms with van der Waals surface area (Å²) >= 11 is 1.39. The number of nitrogens with zero attached hydrogens (tertiary/aromatic N) is 3. The molecule has 0 saturated carbocycles. The Morgan fingerprint density at radius 1 is 1.23 bits per heavy atom. The number of aromatic nitrogens is 1. The third-order valence-corrected chi connectivity index (χ3v) is 4.58. The van der Waals surface area contributed by atoms with E-state index in [9.17, 15) is 10.1 Å². The lowest BCUT2D eigenvalue weighted by molar-refractivity contribution is -0.384. The van der Waals surface area contributed by atoms with Crippen LogP contribution < -0.4 is 5.43 Å². The zero-order valence-electron chi connectivity index (χ0n) is 14.4. The molecule has 0 radical (unpaired) electrons. The fraction of sp³-hybridized carbons (Fsp3) is 0.158. The van der Waals surface area contributed by atoms with Gasteiger partial charge < -0.3 is 0 Å². The summed E-state index contributed by atoms with van der Waals surface area (Å²) in [5.74, 6) is 0.502. The molecule has 0 aliphatic rings. The van der Waals surface area contributed by atoms with Gasteiger partial charge in [0.15, 0.2) is 0 Å². The summed E-state index contributed by atoms with van der Waals surface area (Å²) in [4.78, 5) is 14.9. The molecule has 3 aromatic rings. The van der Waals surface area contributed by atoms with E-state index in [1.165, 1.54) is 29.0 Å². The van der Waals surface area contributed by atoms with Crippen molar-refractivity contribution in [2.24, 2.45) is 5.10 Å². The van der Waals surface area contributed by atoms with Crippen LogP contribution in [-0.4, -0.2) is 16.1 Å². The molecule has 0 fully saturated rings. The molecule has 0 bridgehead atoms. The maximum Gasteiger partial charge on any atom is 0.270 e. The van der Waals surface area contributed by atoms with Crippen LogP contribution in [0.1, 0.15) is 30.9 Å². The number of nitro groups is 1. The number of anilines is 1. The number of hydrogen-bond donors (Lipinski definition) is 1. The highest BCUT2D eigenvalue weighted by molar-refractivity contribution is 7.14. The summed E-state index contributed by atoms with van der Waals surface area (Å²) in [7, 11) is 0. The van der Waals surface area contributed by atoms with Gasteiger partial charge in [0, 0.05) is 23.1 Å². The Balaban J connectivity index is 1.67. The van der Waals surface area contributed by atoms with Crippen molar-refractivity contribution in [1.29, 1.82) is 0 Å². The summed E-state index contributed by atoms with van der Waals surface area (Å²) in [6.45, 7) is 4.32. The Hall–Kier alpha value is -3.06. The lowest BCUT2D eigenvalue weighted by atomic mass is 10.0. The smallest absolute Gasteiger partial charge is 0.258 e. The molecule has 1 aromatic heterocycles. The largest absolute Gasteiger partial charge is 0.270 e. The second kappa shape index (κ2) is 7.88. The predicted octanol–water partition coefficient (Wildman–Crippen LogP) is 5.29. The van der Waals surface area contributed by atoms with Crippen LogP contribution in [0.4, 0.5) is 10.8 Å². The van der Waals surface area contributed by atoms with Gasteiger partial charge in [0.25, 0.3) is 5.69 Å². The lowest BCUT2D eigenvalue weighted by Gasteiger charge is -2.04. The highest BCUT2D eigenvalue weighted by atomic mass is 32.1. The van der Waals surface area contributed by atoms with Crippen molar-refractivity contribution >= 4 is 28.4 Å². The number of benzene rings is 2. The number of hydrazone groups is 1. The van der Waals surface area contributed by atoms with Gasteiger partial charge >= 0.3 is 0 Å². The van der Waals surface area contributed by atoms with Crippen LogP contribution in [0, 0.1) is 10.1 Å². The van der Waals surface area contributed by atoms with Crippen molar-refractivity contribution in [1.82, 2.24) is 4.98 Å². The molecule has 0 aliphatic carbocycles. The van der Waals surface area contributed by atoms with Gasteiger partial charge in [-0.1, -0.05) is 50.2 Å². The minimum Gasteiger partial charge on any atom is -0.258 e. The zero-order chi connectivity index (χ0) is 18.5. The molecular weight excluding hydrogens is 348 g/mol. The van der Waals surface area contributed by atoms with E-state index in [1.807, 2.05) is 17.5 Å². The van der Waals surface area contributed by atoms with Gasteiger partial charge in [0.1, 0.15) is 0 Å². The van der Waals surface area contributed by atoms with Gasteiger partial charge in [-0.2, -0.15) is 5.10 Å². The van der Waals surface area contributed by atoms with Crippen LogP contribution in [0.25, 0.3) is 11.3 Å². The van der Waals surface area contributed by atoms with E-state index >= 15 is 0 Å². The maximum atomic E-state index is 10.9. The summed E-state index contributed by atoms with van der Waals surface area (Å²) in [6, 6.07) is 14.7. The Bertz CT molecular complexity index is 933. The molecule has 1 N–H and O–H groups in total. The topological polar surface area (TPSA) is 80.4 Å². The first-order valence-electron chi connectivity index (χ1n) is 8.12. The van der Waals surface area contributed by atoms with Crippen LogP contribution in [0.15, 0.2) is 59.0 Å². The minimum atomic E-state index is -0.413. The molecule has 0 amide bonds. The highest BCUT2D eigenvalue weighted by Gasteiger charge is 2.09. The zero-order valence-corrected chi connectivity index (χ0v) is 15.2. The van der Waals surface area contributed by atoms with Crippen molar-refractivity contribution in [2.45, 2.75) is 19.8 Å². The van der Waals surface area contributed by atoms with Gasteiger partial charge in [-0.15, -0.1) is 11.3 Å². The number of rotatable bonds is 6. The monoisotopic (exact) mass is 366 g/mol. The Morgan fingerprint density at radius 3 is 2.69 bits per heavy atom. The first kappa shape index (κ1) is 17.8. The summed E-state index contributed by atoms with van der Waals surface area (Å²) in [5, 5.41) is 17.6. The third kappa shape index (κ3) is 4.31. The molecule has 0 aliphatic heterocycles. The molecule has 0 unspecified atom stereocenters. The van der Waals surface area contributed by atoms with E-state index in [0.717, 1.165) is 5.56 Å². The number of nitrogens with one attached hydrogen (secondary N) is 1. The third-order valence-electron chi connectivity index (χ3n) is 3.83. The second-order valence-electron chi connectivity index (χ2n) is 6.04. The quantitative estimate of drug-likeness (QED) is 0.365. The van der Waals surface area contributed by atoms with E-state index in [4.69, 9.17) is 0 Å². The van der Waals surface area contributed by atoms with E-state index in [1.54, 1.807) is 18.3 Å². The number of thiazole rings is 1. The van der Waals surface area contributed by atoms with Crippen molar-refractivity contribution in [2.75, 3.05) is 5.43 Å². The number of nitro benzene ring substituents is 1. The number of non-ortho nitro benzene ring substituents is 1. The van der Waals surface area contributed by atoms with Crippen LogP contribution in [0.2, 0.25) is 0 Å².